The van der Waals surface area contributed by atoms with Crippen molar-refractivity contribution in [3.63, 3.8) is 0 Å². The first-order chi connectivity index (χ1) is 12.3. The number of phenols is 3. The van der Waals surface area contributed by atoms with E-state index in [0.29, 0.717) is 11.1 Å². The van der Waals surface area contributed by atoms with E-state index in [9.17, 15) is 25.2 Å². The molecule has 0 fully saturated rings. The minimum atomic E-state index is -0.975. The number of phenolic OH excluding ortho intramolecular Hbond substituents is 3. The van der Waals surface area contributed by atoms with Gasteiger partial charge in [-0.1, -0.05) is 24.3 Å². The van der Waals surface area contributed by atoms with Gasteiger partial charge in [-0.25, -0.2) is 0 Å². The molecule has 0 spiro atoms. The summed E-state index contributed by atoms with van der Waals surface area (Å²) in [6.45, 7) is 5.26. The van der Waals surface area contributed by atoms with E-state index < -0.39 is 17.3 Å². The molecule has 1 atom stereocenters. The van der Waals surface area contributed by atoms with Crippen molar-refractivity contribution in [2.75, 3.05) is 0 Å². The lowest BCUT2D eigenvalue weighted by molar-refractivity contribution is 0.209. The molecule has 1 heterocycles. The maximum atomic E-state index is 12.9. The normalized spacial score (nSPS) is 12.2. The summed E-state index contributed by atoms with van der Waals surface area (Å²) in [5.41, 5.74) is 0.762. The fourth-order valence-corrected chi connectivity index (χ4v) is 2.70. The summed E-state index contributed by atoms with van der Waals surface area (Å²) in [6, 6.07) is 7.21. The lowest BCUT2D eigenvalue weighted by Crippen LogP contribution is -2.12. The SMILES string of the molecule is C=C(C)[C@@H](O)Cc1c(O)cc2occ(-c3ccc(O)cc3)c(=O)c2c1O. The average molecular weight is 354 g/mol. The van der Waals surface area contributed by atoms with E-state index in [1.54, 1.807) is 19.1 Å². The number of aromatic hydroxyl groups is 3. The van der Waals surface area contributed by atoms with Crippen LogP contribution in [0.5, 0.6) is 17.2 Å². The number of benzene rings is 2. The second-order valence-corrected chi connectivity index (χ2v) is 6.19. The largest absolute Gasteiger partial charge is 0.508 e. The van der Waals surface area contributed by atoms with Gasteiger partial charge in [0.15, 0.2) is 0 Å². The van der Waals surface area contributed by atoms with E-state index >= 15 is 0 Å². The monoisotopic (exact) mass is 354 g/mol. The molecule has 0 saturated heterocycles. The van der Waals surface area contributed by atoms with Crippen LogP contribution in [-0.4, -0.2) is 26.5 Å². The molecule has 0 saturated carbocycles. The molecule has 4 N–H and O–H groups in total. The molecular formula is C20H18O6. The van der Waals surface area contributed by atoms with Crippen molar-refractivity contribution in [2.24, 2.45) is 0 Å². The molecule has 0 aliphatic heterocycles. The van der Waals surface area contributed by atoms with Crippen LogP contribution in [0.15, 0.2) is 58.0 Å². The van der Waals surface area contributed by atoms with Gasteiger partial charge in [-0.2, -0.15) is 0 Å². The topological polar surface area (TPSA) is 111 Å². The van der Waals surface area contributed by atoms with Crippen LogP contribution >= 0.6 is 0 Å². The molecule has 26 heavy (non-hydrogen) atoms. The Kier molecular flexibility index (Phi) is 4.44. The van der Waals surface area contributed by atoms with E-state index in [1.807, 2.05) is 0 Å². The first kappa shape index (κ1) is 17.6. The number of fused-ring (bicyclic) bond motifs is 1. The molecule has 0 bridgehead atoms. The highest BCUT2D eigenvalue weighted by Crippen LogP contribution is 2.36. The Morgan fingerprint density at radius 1 is 1.19 bits per heavy atom. The Morgan fingerprint density at radius 2 is 1.85 bits per heavy atom. The predicted molar refractivity (Wildman–Crippen MR) is 97.4 cm³/mol. The Bertz CT molecular complexity index is 1050. The fraction of sp³-hybridized carbons (Fsp3) is 0.150. The summed E-state index contributed by atoms with van der Waals surface area (Å²) in [7, 11) is 0. The quantitative estimate of drug-likeness (QED) is 0.536. The second-order valence-electron chi connectivity index (χ2n) is 6.19. The van der Waals surface area contributed by atoms with E-state index in [4.69, 9.17) is 4.42 Å². The Hall–Kier alpha value is -3.25. The first-order valence-corrected chi connectivity index (χ1v) is 7.91. The van der Waals surface area contributed by atoms with Crippen molar-refractivity contribution < 1.29 is 24.8 Å². The Balaban J connectivity index is 2.22. The fourth-order valence-electron chi connectivity index (χ4n) is 2.70. The van der Waals surface area contributed by atoms with Crippen LogP contribution in [0.4, 0.5) is 0 Å². The van der Waals surface area contributed by atoms with Gasteiger partial charge in [0.25, 0.3) is 0 Å². The van der Waals surface area contributed by atoms with Crippen molar-refractivity contribution in [2.45, 2.75) is 19.4 Å². The third-order valence-corrected chi connectivity index (χ3v) is 4.27. The van der Waals surface area contributed by atoms with E-state index in [2.05, 4.69) is 6.58 Å². The van der Waals surface area contributed by atoms with Gasteiger partial charge in [0.2, 0.25) is 5.43 Å². The summed E-state index contributed by atoms with van der Waals surface area (Å²) in [6.07, 6.45) is 0.168. The zero-order chi connectivity index (χ0) is 19.0. The number of rotatable bonds is 4. The zero-order valence-electron chi connectivity index (χ0n) is 14.1. The molecule has 6 heteroatoms. The van der Waals surface area contributed by atoms with Crippen LogP contribution < -0.4 is 5.43 Å². The maximum absolute atomic E-state index is 12.9. The van der Waals surface area contributed by atoms with Crippen LogP contribution in [-0.2, 0) is 6.42 Å². The highest BCUT2D eigenvalue weighted by molar-refractivity contribution is 5.89. The second kappa shape index (κ2) is 6.57. The molecule has 0 aliphatic carbocycles. The number of aliphatic hydroxyl groups is 1. The standard InChI is InChI=1S/C20H18O6/c1-10(2)15(22)7-13-16(23)8-17-18(19(13)24)20(25)14(9-26-17)11-3-5-12(21)6-4-11/h3-6,8-9,15,21-24H,1,7H2,2H3/t15-/m0/s1. The molecule has 134 valence electrons. The van der Waals surface area contributed by atoms with Crippen LogP contribution in [0.2, 0.25) is 0 Å². The third kappa shape index (κ3) is 3.02. The minimum Gasteiger partial charge on any atom is -0.508 e. The van der Waals surface area contributed by atoms with Crippen molar-refractivity contribution in [3.8, 4) is 28.4 Å². The lowest BCUT2D eigenvalue weighted by atomic mass is 9.98. The van der Waals surface area contributed by atoms with Gasteiger partial charge in [0, 0.05) is 18.1 Å². The molecule has 1 aromatic heterocycles. The van der Waals surface area contributed by atoms with E-state index in [1.165, 1.54) is 24.5 Å². The van der Waals surface area contributed by atoms with Gasteiger partial charge in [-0.3, -0.25) is 4.79 Å². The molecule has 6 nitrogen and oxygen atoms in total. The first-order valence-electron chi connectivity index (χ1n) is 7.91. The summed E-state index contributed by atoms with van der Waals surface area (Å²) in [5, 5.41) is 40.0. The minimum absolute atomic E-state index is 0.0288. The highest BCUT2D eigenvalue weighted by atomic mass is 16.3. The molecule has 0 unspecified atom stereocenters. The number of aliphatic hydroxyl groups excluding tert-OH is 1. The van der Waals surface area contributed by atoms with Crippen molar-refractivity contribution in [3.05, 3.63) is 64.5 Å². The predicted octanol–water partition coefficient (Wildman–Crippen LogP) is 3.06. The number of hydrogen-bond acceptors (Lipinski definition) is 6. The van der Waals surface area contributed by atoms with E-state index in [-0.39, 0.29) is 40.0 Å². The van der Waals surface area contributed by atoms with E-state index in [0.717, 1.165) is 0 Å². The molecular weight excluding hydrogens is 336 g/mol. The van der Waals surface area contributed by atoms with Gasteiger partial charge in [0.05, 0.1) is 11.7 Å². The van der Waals surface area contributed by atoms with Gasteiger partial charge in [0.1, 0.15) is 34.5 Å². The van der Waals surface area contributed by atoms with Gasteiger partial charge >= 0.3 is 0 Å². The van der Waals surface area contributed by atoms with Crippen molar-refractivity contribution >= 4 is 11.0 Å². The molecule has 0 radical (unpaired) electrons. The van der Waals surface area contributed by atoms with Crippen LogP contribution in [0.25, 0.3) is 22.1 Å². The van der Waals surface area contributed by atoms with Crippen LogP contribution in [0.1, 0.15) is 12.5 Å². The molecule has 2 aromatic carbocycles. The summed E-state index contributed by atoms with van der Waals surface area (Å²) in [4.78, 5) is 12.9. The van der Waals surface area contributed by atoms with Crippen LogP contribution in [0.3, 0.4) is 0 Å². The third-order valence-electron chi connectivity index (χ3n) is 4.27. The van der Waals surface area contributed by atoms with Gasteiger partial charge in [-0.05, 0) is 24.6 Å². The molecule has 0 amide bonds. The van der Waals surface area contributed by atoms with Crippen molar-refractivity contribution in [1.82, 2.24) is 0 Å². The lowest BCUT2D eigenvalue weighted by Gasteiger charge is -2.14. The highest BCUT2D eigenvalue weighted by Gasteiger charge is 2.21. The summed E-state index contributed by atoms with van der Waals surface area (Å²) in [5.74, 6) is -0.659. The van der Waals surface area contributed by atoms with Crippen molar-refractivity contribution in [1.29, 1.82) is 0 Å². The summed E-state index contributed by atoms with van der Waals surface area (Å²) < 4.78 is 5.41. The maximum Gasteiger partial charge on any atom is 0.204 e. The van der Waals surface area contributed by atoms with Crippen LogP contribution in [0, 0.1) is 0 Å². The van der Waals surface area contributed by atoms with Gasteiger partial charge in [-0.15, -0.1) is 0 Å². The molecule has 3 rings (SSSR count). The Labute approximate surface area is 148 Å². The Morgan fingerprint density at radius 3 is 2.46 bits per heavy atom. The number of hydrogen-bond donors (Lipinski definition) is 4. The molecule has 0 aliphatic rings. The zero-order valence-corrected chi connectivity index (χ0v) is 14.1. The van der Waals surface area contributed by atoms with Gasteiger partial charge < -0.3 is 24.8 Å². The average Bonchev–Trinajstić information content (AvgIpc) is 2.59. The summed E-state index contributed by atoms with van der Waals surface area (Å²) >= 11 is 0. The smallest absolute Gasteiger partial charge is 0.204 e. The molecule has 3 aromatic rings.